The molecule has 2 rings (SSSR count). The molecule has 0 bridgehead atoms. The van der Waals surface area contributed by atoms with Crippen molar-refractivity contribution in [2.24, 2.45) is 0 Å². The van der Waals surface area contributed by atoms with Gasteiger partial charge in [0.15, 0.2) is 5.78 Å². The maximum Gasteiger partial charge on any atom is 0.216 e. The average Bonchev–Trinajstić information content (AvgIpc) is 2.71. The summed E-state index contributed by atoms with van der Waals surface area (Å²) in [4.78, 5) is 25.3. The normalized spacial score (nSPS) is 10.6. The molecule has 1 aromatic carbocycles. The molecule has 0 aliphatic carbocycles. The fraction of sp³-hybridized carbons (Fsp3) is 0.286. The first-order chi connectivity index (χ1) is 8.58. The Morgan fingerprint density at radius 2 is 2.06 bits per heavy atom. The quantitative estimate of drug-likeness (QED) is 0.808. The number of aromatic amines is 1. The maximum atomic E-state index is 11.4. The van der Waals surface area contributed by atoms with Gasteiger partial charge in [0.05, 0.1) is 0 Å². The molecular weight excluding hydrogens is 228 g/mol. The molecule has 0 saturated heterocycles. The standard InChI is InChI=1S/C14H16N2O2/c1-9(17)11-3-4-14-13(7-11)12(8-16-14)5-6-15-10(2)18/h3-4,7-8,16H,5-6H2,1-2H3,(H,15,18). The van der Waals surface area contributed by atoms with E-state index in [1.165, 1.54) is 6.92 Å². The van der Waals surface area contributed by atoms with Gasteiger partial charge in [0.25, 0.3) is 0 Å². The summed E-state index contributed by atoms with van der Waals surface area (Å²) >= 11 is 0. The number of hydrogen-bond donors (Lipinski definition) is 2. The zero-order valence-electron chi connectivity index (χ0n) is 10.5. The highest BCUT2D eigenvalue weighted by atomic mass is 16.1. The molecule has 0 saturated carbocycles. The molecule has 1 aromatic heterocycles. The molecular formula is C14H16N2O2. The summed E-state index contributed by atoms with van der Waals surface area (Å²) in [6, 6.07) is 5.63. The number of benzene rings is 1. The van der Waals surface area contributed by atoms with Crippen LogP contribution in [-0.4, -0.2) is 23.2 Å². The van der Waals surface area contributed by atoms with Crippen LogP contribution in [0, 0.1) is 0 Å². The zero-order chi connectivity index (χ0) is 13.1. The summed E-state index contributed by atoms with van der Waals surface area (Å²) in [5, 5.41) is 3.82. The topological polar surface area (TPSA) is 62.0 Å². The fourth-order valence-corrected chi connectivity index (χ4v) is 1.98. The number of H-pyrrole nitrogens is 1. The minimum absolute atomic E-state index is 0.0285. The average molecular weight is 244 g/mol. The summed E-state index contributed by atoms with van der Waals surface area (Å²) in [5.74, 6) is 0.0326. The summed E-state index contributed by atoms with van der Waals surface area (Å²) in [5.41, 5.74) is 2.84. The second kappa shape index (κ2) is 5.04. The number of rotatable bonds is 4. The van der Waals surface area contributed by atoms with Gasteiger partial charge in [0.1, 0.15) is 0 Å². The van der Waals surface area contributed by atoms with Gasteiger partial charge < -0.3 is 10.3 Å². The van der Waals surface area contributed by atoms with E-state index in [2.05, 4.69) is 10.3 Å². The van der Waals surface area contributed by atoms with Crippen molar-refractivity contribution in [1.82, 2.24) is 10.3 Å². The van der Waals surface area contributed by atoms with Gasteiger partial charge in [-0.05, 0) is 37.1 Å². The maximum absolute atomic E-state index is 11.4. The van der Waals surface area contributed by atoms with Gasteiger partial charge in [0.2, 0.25) is 5.91 Å². The van der Waals surface area contributed by atoms with Crippen molar-refractivity contribution >= 4 is 22.6 Å². The smallest absolute Gasteiger partial charge is 0.216 e. The molecule has 4 heteroatoms. The van der Waals surface area contributed by atoms with E-state index in [9.17, 15) is 9.59 Å². The van der Waals surface area contributed by atoms with Crippen molar-refractivity contribution in [3.05, 3.63) is 35.5 Å². The largest absolute Gasteiger partial charge is 0.361 e. The van der Waals surface area contributed by atoms with Crippen LogP contribution in [0.5, 0.6) is 0 Å². The van der Waals surface area contributed by atoms with Gasteiger partial charge >= 0.3 is 0 Å². The van der Waals surface area contributed by atoms with Crippen molar-refractivity contribution in [2.45, 2.75) is 20.3 Å². The van der Waals surface area contributed by atoms with Crippen LogP contribution in [0.15, 0.2) is 24.4 Å². The van der Waals surface area contributed by atoms with E-state index in [0.717, 1.165) is 22.9 Å². The number of hydrogen-bond acceptors (Lipinski definition) is 2. The molecule has 2 aromatic rings. The number of fused-ring (bicyclic) bond motifs is 1. The van der Waals surface area contributed by atoms with Crippen molar-refractivity contribution in [3.8, 4) is 0 Å². The SMILES string of the molecule is CC(=O)NCCc1c[nH]c2ccc(C(C)=O)cc12. The summed E-state index contributed by atoms with van der Waals surface area (Å²) in [6.45, 7) is 3.67. The van der Waals surface area contributed by atoms with Crippen LogP contribution in [0.1, 0.15) is 29.8 Å². The van der Waals surface area contributed by atoms with E-state index in [1.807, 2.05) is 24.4 Å². The molecule has 0 spiro atoms. The van der Waals surface area contributed by atoms with Crippen LogP contribution in [-0.2, 0) is 11.2 Å². The van der Waals surface area contributed by atoms with Crippen molar-refractivity contribution in [3.63, 3.8) is 0 Å². The Bertz CT molecular complexity index is 599. The molecule has 0 fully saturated rings. The summed E-state index contributed by atoms with van der Waals surface area (Å²) in [6.07, 6.45) is 2.68. The van der Waals surface area contributed by atoms with Crippen LogP contribution in [0.2, 0.25) is 0 Å². The lowest BCUT2D eigenvalue weighted by Crippen LogP contribution is -2.22. The molecule has 0 unspecified atom stereocenters. The third kappa shape index (κ3) is 2.59. The van der Waals surface area contributed by atoms with Crippen LogP contribution in [0.4, 0.5) is 0 Å². The van der Waals surface area contributed by atoms with Crippen LogP contribution >= 0.6 is 0 Å². The fourth-order valence-electron chi connectivity index (χ4n) is 1.98. The highest BCUT2D eigenvalue weighted by Crippen LogP contribution is 2.20. The lowest BCUT2D eigenvalue weighted by Gasteiger charge is -2.02. The van der Waals surface area contributed by atoms with Gasteiger partial charge in [-0.25, -0.2) is 0 Å². The molecule has 1 amide bonds. The highest BCUT2D eigenvalue weighted by Gasteiger charge is 2.06. The van der Waals surface area contributed by atoms with Gasteiger partial charge in [0, 0.05) is 36.1 Å². The Hall–Kier alpha value is -2.10. The van der Waals surface area contributed by atoms with Crippen molar-refractivity contribution < 1.29 is 9.59 Å². The van der Waals surface area contributed by atoms with E-state index in [4.69, 9.17) is 0 Å². The zero-order valence-corrected chi connectivity index (χ0v) is 10.5. The number of ketones is 1. The van der Waals surface area contributed by atoms with E-state index in [1.54, 1.807) is 6.92 Å². The molecule has 18 heavy (non-hydrogen) atoms. The first-order valence-electron chi connectivity index (χ1n) is 5.93. The second-order valence-electron chi connectivity index (χ2n) is 4.36. The van der Waals surface area contributed by atoms with Crippen molar-refractivity contribution in [2.75, 3.05) is 6.54 Å². The Morgan fingerprint density at radius 3 is 2.72 bits per heavy atom. The van der Waals surface area contributed by atoms with E-state index < -0.39 is 0 Å². The van der Waals surface area contributed by atoms with Gasteiger partial charge in [-0.1, -0.05) is 0 Å². The Balaban J connectivity index is 2.25. The van der Waals surface area contributed by atoms with E-state index >= 15 is 0 Å². The number of amides is 1. The molecule has 4 nitrogen and oxygen atoms in total. The molecule has 2 N–H and O–H groups in total. The highest BCUT2D eigenvalue weighted by molar-refractivity contribution is 5.98. The Kier molecular flexibility index (Phi) is 3.46. The molecule has 1 heterocycles. The minimum atomic E-state index is -0.0285. The predicted molar refractivity (Wildman–Crippen MR) is 70.7 cm³/mol. The number of carbonyl (C=O) groups is 2. The molecule has 0 aliphatic heterocycles. The van der Waals surface area contributed by atoms with E-state index in [0.29, 0.717) is 12.1 Å². The van der Waals surface area contributed by atoms with Crippen LogP contribution in [0.3, 0.4) is 0 Å². The van der Waals surface area contributed by atoms with Gasteiger partial charge in [-0.3, -0.25) is 9.59 Å². The lowest BCUT2D eigenvalue weighted by atomic mass is 10.1. The Morgan fingerprint density at radius 1 is 1.28 bits per heavy atom. The minimum Gasteiger partial charge on any atom is -0.361 e. The molecule has 0 radical (unpaired) electrons. The number of Topliss-reactive ketones (excluding diaryl/α,β-unsaturated/α-hetero) is 1. The predicted octanol–water partition coefficient (Wildman–Crippen LogP) is 2.05. The van der Waals surface area contributed by atoms with Crippen LogP contribution < -0.4 is 5.32 Å². The summed E-state index contributed by atoms with van der Waals surface area (Å²) < 4.78 is 0. The number of nitrogens with one attached hydrogen (secondary N) is 2. The lowest BCUT2D eigenvalue weighted by molar-refractivity contribution is -0.118. The van der Waals surface area contributed by atoms with Gasteiger partial charge in [-0.15, -0.1) is 0 Å². The Labute approximate surface area is 105 Å². The molecule has 0 atom stereocenters. The molecule has 94 valence electrons. The first kappa shape index (κ1) is 12.4. The third-order valence-electron chi connectivity index (χ3n) is 2.94. The van der Waals surface area contributed by atoms with Crippen LogP contribution in [0.25, 0.3) is 10.9 Å². The summed E-state index contributed by atoms with van der Waals surface area (Å²) in [7, 11) is 0. The molecule has 0 aliphatic rings. The second-order valence-corrected chi connectivity index (χ2v) is 4.36. The number of carbonyl (C=O) groups excluding carboxylic acids is 2. The van der Waals surface area contributed by atoms with Crippen molar-refractivity contribution in [1.29, 1.82) is 0 Å². The monoisotopic (exact) mass is 244 g/mol. The van der Waals surface area contributed by atoms with Gasteiger partial charge in [-0.2, -0.15) is 0 Å². The third-order valence-corrected chi connectivity index (χ3v) is 2.94. The first-order valence-corrected chi connectivity index (χ1v) is 5.93. The number of aromatic nitrogens is 1. The van der Waals surface area contributed by atoms with E-state index in [-0.39, 0.29) is 11.7 Å².